The van der Waals surface area contributed by atoms with Crippen LogP contribution in [-0.2, 0) is 4.79 Å². The summed E-state index contributed by atoms with van der Waals surface area (Å²) in [5.74, 6) is 5.45. The molecule has 44 valence electrons. The molecule has 0 saturated carbocycles. The molecule has 0 aromatic heterocycles. The Kier molecular flexibility index (Phi) is 1.30. The number of nitrogens with two attached hydrogens (primary N) is 1. The Morgan fingerprint density at radius 1 is 1.75 bits per heavy atom. The summed E-state index contributed by atoms with van der Waals surface area (Å²) in [6.45, 7) is 0.648. The van der Waals surface area contributed by atoms with Crippen molar-refractivity contribution in [3.63, 3.8) is 0 Å². The quantitative estimate of drug-likeness (QED) is 0.435. The van der Waals surface area contributed by atoms with E-state index in [0.29, 0.717) is 13.0 Å². The van der Waals surface area contributed by atoms with Crippen molar-refractivity contribution >= 4 is 5.78 Å². The van der Waals surface area contributed by atoms with Crippen LogP contribution in [0, 0.1) is 0 Å². The lowest BCUT2D eigenvalue weighted by molar-refractivity contribution is -0.115. The summed E-state index contributed by atoms with van der Waals surface area (Å²) in [6.07, 6.45) is 3.63. The molecule has 1 aliphatic rings. The molecule has 0 radical (unpaired) electrons. The van der Waals surface area contributed by atoms with E-state index in [-0.39, 0.29) is 5.78 Å². The van der Waals surface area contributed by atoms with Gasteiger partial charge in [0.15, 0.2) is 5.78 Å². The number of hydrogen-bond acceptors (Lipinski definition) is 3. The van der Waals surface area contributed by atoms with E-state index in [1.807, 2.05) is 0 Å². The van der Waals surface area contributed by atoms with Crippen molar-refractivity contribution in [1.82, 2.24) is 5.01 Å². The minimum atomic E-state index is 0.159. The van der Waals surface area contributed by atoms with Gasteiger partial charge in [-0.15, -0.1) is 0 Å². The molecule has 3 heteroatoms. The van der Waals surface area contributed by atoms with Gasteiger partial charge in [0, 0.05) is 19.2 Å². The summed E-state index contributed by atoms with van der Waals surface area (Å²) in [4.78, 5) is 10.4. The van der Waals surface area contributed by atoms with Crippen molar-refractivity contribution in [2.45, 2.75) is 6.42 Å². The van der Waals surface area contributed by atoms with Crippen molar-refractivity contribution in [2.75, 3.05) is 6.54 Å². The van der Waals surface area contributed by atoms with Crippen LogP contribution in [0.1, 0.15) is 6.42 Å². The van der Waals surface area contributed by atoms with Gasteiger partial charge in [-0.2, -0.15) is 0 Å². The van der Waals surface area contributed by atoms with Crippen LogP contribution in [-0.4, -0.2) is 17.3 Å². The predicted octanol–water partition coefficient (Wildman–Crippen LogP) is -0.351. The van der Waals surface area contributed by atoms with E-state index in [1.54, 1.807) is 6.20 Å². The summed E-state index contributed by atoms with van der Waals surface area (Å²) in [5.41, 5.74) is 0. The van der Waals surface area contributed by atoms with Gasteiger partial charge in [-0.1, -0.05) is 0 Å². The minimum absolute atomic E-state index is 0.159. The van der Waals surface area contributed by atoms with Crippen LogP contribution in [0.5, 0.6) is 0 Å². The lowest BCUT2D eigenvalue weighted by Gasteiger charge is -2.15. The van der Waals surface area contributed by atoms with E-state index < -0.39 is 0 Å². The first-order valence-electron chi connectivity index (χ1n) is 2.51. The van der Waals surface area contributed by atoms with Gasteiger partial charge in [0.05, 0.1) is 0 Å². The summed E-state index contributed by atoms with van der Waals surface area (Å²) in [5, 5.41) is 1.50. The zero-order valence-corrected chi connectivity index (χ0v) is 4.50. The van der Waals surface area contributed by atoms with Crippen LogP contribution in [0.2, 0.25) is 0 Å². The third-order valence-corrected chi connectivity index (χ3v) is 1.07. The molecule has 2 N–H and O–H groups in total. The number of nitrogens with zero attached hydrogens (tertiary/aromatic N) is 1. The molecular formula is C5H8N2O. The summed E-state index contributed by atoms with van der Waals surface area (Å²) in [6, 6.07) is 0. The van der Waals surface area contributed by atoms with Crippen LogP contribution in [0.15, 0.2) is 12.3 Å². The first kappa shape index (κ1) is 5.31. The molecule has 0 spiro atoms. The molecule has 0 aromatic carbocycles. The van der Waals surface area contributed by atoms with Crippen LogP contribution in [0.25, 0.3) is 0 Å². The molecule has 0 bridgehead atoms. The second kappa shape index (κ2) is 1.96. The van der Waals surface area contributed by atoms with Gasteiger partial charge < -0.3 is 5.01 Å². The average Bonchev–Trinajstić information content (AvgIpc) is 1.77. The molecule has 0 aromatic rings. The molecule has 0 atom stereocenters. The Morgan fingerprint density at radius 2 is 2.50 bits per heavy atom. The standard InChI is InChI=1S/C5H8N2O/c6-7-3-1-5(8)2-4-7/h1,3H,2,4,6H2. The van der Waals surface area contributed by atoms with E-state index in [9.17, 15) is 4.79 Å². The van der Waals surface area contributed by atoms with Gasteiger partial charge in [0.1, 0.15) is 0 Å². The fourth-order valence-corrected chi connectivity index (χ4v) is 0.576. The van der Waals surface area contributed by atoms with E-state index in [0.717, 1.165) is 0 Å². The fraction of sp³-hybridized carbons (Fsp3) is 0.400. The maximum atomic E-state index is 10.4. The molecule has 0 amide bonds. The number of hydrazine groups is 1. The maximum Gasteiger partial charge on any atom is 0.159 e. The van der Waals surface area contributed by atoms with Crippen molar-refractivity contribution < 1.29 is 4.79 Å². The fourth-order valence-electron chi connectivity index (χ4n) is 0.576. The van der Waals surface area contributed by atoms with Crippen LogP contribution in [0.3, 0.4) is 0 Å². The van der Waals surface area contributed by atoms with Gasteiger partial charge in [0.25, 0.3) is 0 Å². The smallest absolute Gasteiger partial charge is 0.159 e. The molecule has 0 fully saturated rings. The normalized spacial score (nSPS) is 19.6. The lowest BCUT2D eigenvalue weighted by Crippen LogP contribution is -2.30. The molecule has 1 heterocycles. The highest BCUT2D eigenvalue weighted by molar-refractivity contribution is 5.90. The van der Waals surface area contributed by atoms with Crippen molar-refractivity contribution in [3.05, 3.63) is 12.3 Å². The van der Waals surface area contributed by atoms with Gasteiger partial charge in [-0.25, -0.2) is 5.84 Å². The Bertz CT molecular complexity index is 130. The third-order valence-electron chi connectivity index (χ3n) is 1.07. The molecule has 1 rings (SSSR count). The average molecular weight is 112 g/mol. The lowest BCUT2D eigenvalue weighted by atomic mass is 10.2. The topological polar surface area (TPSA) is 46.3 Å². The number of ketones is 1. The minimum Gasteiger partial charge on any atom is -0.318 e. The Labute approximate surface area is 47.7 Å². The third kappa shape index (κ3) is 1.07. The van der Waals surface area contributed by atoms with E-state index in [4.69, 9.17) is 5.84 Å². The van der Waals surface area contributed by atoms with E-state index >= 15 is 0 Å². The molecule has 0 aliphatic carbocycles. The van der Waals surface area contributed by atoms with Crippen LogP contribution >= 0.6 is 0 Å². The largest absolute Gasteiger partial charge is 0.318 e. The SMILES string of the molecule is NN1C=CC(=O)CC1. The molecule has 8 heavy (non-hydrogen) atoms. The highest BCUT2D eigenvalue weighted by Crippen LogP contribution is 1.95. The number of allylic oxidation sites excluding steroid dienone is 1. The van der Waals surface area contributed by atoms with Gasteiger partial charge in [-0.05, 0) is 6.08 Å². The van der Waals surface area contributed by atoms with Crippen molar-refractivity contribution in [1.29, 1.82) is 0 Å². The van der Waals surface area contributed by atoms with Gasteiger partial charge >= 0.3 is 0 Å². The summed E-state index contributed by atoms with van der Waals surface area (Å²) in [7, 11) is 0. The highest BCUT2D eigenvalue weighted by Gasteiger charge is 2.03. The number of rotatable bonds is 0. The Morgan fingerprint density at radius 3 is 2.88 bits per heavy atom. The highest BCUT2D eigenvalue weighted by atomic mass is 16.1. The zero-order chi connectivity index (χ0) is 5.98. The number of hydrogen-bond donors (Lipinski definition) is 1. The molecule has 0 unspecified atom stereocenters. The monoisotopic (exact) mass is 112 g/mol. The van der Waals surface area contributed by atoms with Crippen molar-refractivity contribution in [2.24, 2.45) is 5.84 Å². The van der Waals surface area contributed by atoms with E-state index in [1.165, 1.54) is 11.1 Å². The molecule has 1 aliphatic heterocycles. The second-order valence-corrected chi connectivity index (χ2v) is 1.77. The number of carbonyl (C=O) groups is 1. The summed E-state index contributed by atoms with van der Waals surface area (Å²) >= 11 is 0. The second-order valence-electron chi connectivity index (χ2n) is 1.77. The Hall–Kier alpha value is -0.830. The molecular weight excluding hydrogens is 104 g/mol. The molecule has 3 nitrogen and oxygen atoms in total. The molecule has 0 saturated heterocycles. The zero-order valence-electron chi connectivity index (χ0n) is 4.50. The maximum absolute atomic E-state index is 10.4. The summed E-state index contributed by atoms with van der Waals surface area (Å²) < 4.78 is 0. The first-order chi connectivity index (χ1) is 3.79. The Balaban J connectivity index is 2.55. The number of carbonyl (C=O) groups excluding carboxylic acids is 1. The van der Waals surface area contributed by atoms with Crippen molar-refractivity contribution in [3.8, 4) is 0 Å². The van der Waals surface area contributed by atoms with Crippen LogP contribution < -0.4 is 5.84 Å². The first-order valence-corrected chi connectivity index (χ1v) is 2.51. The van der Waals surface area contributed by atoms with Gasteiger partial charge in [0.2, 0.25) is 0 Å². The van der Waals surface area contributed by atoms with Gasteiger partial charge in [-0.3, -0.25) is 4.79 Å². The van der Waals surface area contributed by atoms with E-state index in [2.05, 4.69) is 0 Å². The predicted molar refractivity (Wildman–Crippen MR) is 29.7 cm³/mol. The van der Waals surface area contributed by atoms with Crippen LogP contribution in [0.4, 0.5) is 0 Å².